The van der Waals surface area contributed by atoms with E-state index in [1.54, 1.807) is 13.0 Å². The molecule has 154 valence electrons. The maximum absolute atomic E-state index is 13.4. The highest BCUT2D eigenvalue weighted by Gasteiger charge is 2.22. The van der Waals surface area contributed by atoms with Crippen molar-refractivity contribution in [3.8, 4) is 0 Å². The van der Waals surface area contributed by atoms with Gasteiger partial charge in [0.1, 0.15) is 5.82 Å². The molecule has 0 atom stereocenters. The number of guanidine groups is 1. The predicted molar refractivity (Wildman–Crippen MR) is 114 cm³/mol. The maximum Gasteiger partial charge on any atom is 0.223 e. The van der Waals surface area contributed by atoms with Crippen molar-refractivity contribution in [2.24, 2.45) is 4.99 Å². The minimum absolute atomic E-state index is 0.187. The summed E-state index contributed by atoms with van der Waals surface area (Å²) in [6, 6.07) is 13.3. The Morgan fingerprint density at radius 1 is 1.14 bits per heavy atom. The van der Waals surface area contributed by atoms with Crippen LogP contribution in [0.1, 0.15) is 42.0 Å². The van der Waals surface area contributed by atoms with E-state index in [1.807, 2.05) is 30.0 Å². The summed E-state index contributed by atoms with van der Waals surface area (Å²) < 4.78 is 13.4. The zero-order valence-electron chi connectivity index (χ0n) is 17.2. The van der Waals surface area contributed by atoms with Crippen molar-refractivity contribution >= 4 is 11.9 Å². The SMILES string of the molecule is CCNC(=NCc1ccc(F)c(C)c1)NCCCC(=O)N1Cc2ccccc2C1. The molecule has 0 saturated heterocycles. The van der Waals surface area contributed by atoms with Crippen molar-refractivity contribution in [1.82, 2.24) is 15.5 Å². The number of amides is 1. The Morgan fingerprint density at radius 2 is 1.86 bits per heavy atom. The third kappa shape index (κ3) is 5.79. The molecule has 0 spiro atoms. The molecule has 0 saturated carbocycles. The van der Waals surface area contributed by atoms with E-state index in [2.05, 4.69) is 27.8 Å². The van der Waals surface area contributed by atoms with E-state index >= 15 is 0 Å². The molecule has 6 heteroatoms. The van der Waals surface area contributed by atoms with Crippen LogP contribution in [0.4, 0.5) is 4.39 Å². The summed E-state index contributed by atoms with van der Waals surface area (Å²) in [5, 5.41) is 6.48. The number of halogens is 1. The summed E-state index contributed by atoms with van der Waals surface area (Å²) in [5.41, 5.74) is 4.08. The number of rotatable bonds is 7. The lowest BCUT2D eigenvalue weighted by Gasteiger charge is -2.16. The lowest BCUT2D eigenvalue weighted by molar-refractivity contribution is -0.131. The normalized spacial score (nSPS) is 13.3. The highest BCUT2D eigenvalue weighted by Crippen LogP contribution is 2.22. The van der Waals surface area contributed by atoms with Gasteiger partial charge >= 0.3 is 0 Å². The molecule has 0 aliphatic carbocycles. The minimum atomic E-state index is -0.200. The van der Waals surface area contributed by atoms with Gasteiger partial charge < -0.3 is 15.5 Å². The van der Waals surface area contributed by atoms with Gasteiger partial charge in [0.15, 0.2) is 5.96 Å². The Morgan fingerprint density at radius 3 is 2.52 bits per heavy atom. The second kappa shape index (κ2) is 10.0. The average Bonchev–Trinajstić information content (AvgIpc) is 3.16. The molecule has 3 rings (SSSR count). The monoisotopic (exact) mass is 396 g/mol. The van der Waals surface area contributed by atoms with Gasteiger partial charge in [-0.25, -0.2) is 9.38 Å². The number of aliphatic imine (C=N–C) groups is 1. The summed E-state index contributed by atoms with van der Waals surface area (Å²) in [6.45, 7) is 7.07. The fourth-order valence-electron chi connectivity index (χ4n) is 3.43. The molecule has 2 aromatic carbocycles. The fraction of sp³-hybridized carbons (Fsp3) is 0.391. The number of hydrogen-bond donors (Lipinski definition) is 2. The van der Waals surface area contributed by atoms with E-state index in [-0.39, 0.29) is 11.7 Å². The molecule has 1 amide bonds. The van der Waals surface area contributed by atoms with Crippen LogP contribution in [0.5, 0.6) is 0 Å². The van der Waals surface area contributed by atoms with Crippen molar-refractivity contribution < 1.29 is 9.18 Å². The van der Waals surface area contributed by atoms with Gasteiger partial charge in [0, 0.05) is 32.6 Å². The quantitative estimate of drug-likeness (QED) is 0.428. The summed E-state index contributed by atoms with van der Waals surface area (Å²) in [5.74, 6) is 0.691. The predicted octanol–water partition coefficient (Wildman–Crippen LogP) is 3.51. The Hall–Kier alpha value is -2.89. The van der Waals surface area contributed by atoms with Crippen LogP contribution in [0, 0.1) is 12.7 Å². The first-order valence-electron chi connectivity index (χ1n) is 10.2. The van der Waals surface area contributed by atoms with Gasteiger partial charge in [-0.2, -0.15) is 0 Å². The molecular weight excluding hydrogens is 367 g/mol. The zero-order chi connectivity index (χ0) is 20.6. The maximum atomic E-state index is 13.4. The zero-order valence-corrected chi connectivity index (χ0v) is 17.2. The number of benzene rings is 2. The third-order valence-electron chi connectivity index (χ3n) is 5.04. The highest BCUT2D eigenvalue weighted by molar-refractivity contribution is 5.80. The molecular formula is C23H29FN4O. The van der Waals surface area contributed by atoms with Gasteiger partial charge in [-0.15, -0.1) is 0 Å². The number of carbonyl (C=O) groups excluding carboxylic acids is 1. The first-order valence-corrected chi connectivity index (χ1v) is 10.2. The fourth-order valence-corrected chi connectivity index (χ4v) is 3.43. The van der Waals surface area contributed by atoms with Crippen molar-refractivity contribution in [3.63, 3.8) is 0 Å². The smallest absolute Gasteiger partial charge is 0.223 e. The molecule has 5 nitrogen and oxygen atoms in total. The highest BCUT2D eigenvalue weighted by atomic mass is 19.1. The van der Waals surface area contributed by atoms with Gasteiger partial charge in [-0.3, -0.25) is 4.79 Å². The van der Waals surface area contributed by atoms with Gasteiger partial charge in [0.05, 0.1) is 6.54 Å². The number of aryl methyl sites for hydroxylation is 1. The number of carbonyl (C=O) groups is 1. The molecule has 1 aliphatic heterocycles. The molecule has 1 heterocycles. The standard InChI is InChI=1S/C23H29FN4O/c1-3-25-23(27-14-18-10-11-21(24)17(2)13-18)26-12-6-9-22(29)28-15-19-7-4-5-8-20(19)16-28/h4-5,7-8,10-11,13H,3,6,9,12,14-16H2,1-2H3,(H2,25,26,27). The number of fused-ring (bicyclic) bond motifs is 1. The van der Waals surface area contributed by atoms with E-state index in [4.69, 9.17) is 0 Å². The molecule has 0 bridgehead atoms. The van der Waals surface area contributed by atoms with Crippen LogP contribution in [-0.2, 0) is 24.4 Å². The van der Waals surface area contributed by atoms with E-state index in [1.165, 1.54) is 17.2 Å². The van der Waals surface area contributed by atoms with Crippen molar-refractivity contribution in [1.29, 1.82) is 0 Å². The Bertz CT molecular complexity index is 856. The number of hydrogen-bond acceptors (Lipinski definition) is 2. The van der Waals surface area contributed by atoms with Crippen LogP contribution < -0.4 is 10.6 Å². The van der Waals surface area contributed by atoms with Gasteiger partial charge in [-0.05, 0) is 48.6 Å². The van der Waals surface area contributed by atoms with Gasteiger partial charge in [0.25, 0.3) is 0 Å². The molecule has 0 aromatic heterocycles. The summed E-state index contributed by atoms with van der Waals surface area (Å²) in [6.07, 6.45) is 1.25. The Balaban J connectivity index is 1.43. The van der Waals surface area contributed by atoms with Crippen LogP contribution in [-0.4, -0.2) is 29.9 Å². The molecule has 0 unspecified atom stereocenters. The lowest BCUT2D eigenvalue weighted by atomic mass is 10.1. The molecule has 2 aromatic rings. The van der Waals surface area contributed by atoms with Crippen molar-refractivity contribution in [2.75, 3.05) is 13.1 Å². The summed E-state index contributed by atoms with van der Waals surface area (Å²) in [4.78, 5) is 18.9. The molecule has 2 N–H and O–H groups in total. The van der Waals surface area contributed by atoms with Gasteiger partial charge in [-0.1, -0.05) is 36.4 Å². The van der Waals surface area contributed by atoms with E-state index in [0.717, 1.165) is 18.5 Å². The van der Waals surface area contributed by atoms with E-state index < -0.39 is 0 Å². The van der Waals surface area contributed by atoms with Crippen LogP contribution in [0.25, 0.3) is 0 Å². The molecule has 0 radical (unpaired) electrons. The second-order valence-corrected chi connectivity index (χ2v) is 7.33. The largest absolute Gasteiger partial charge is 0.357 e. The first-order chi connectivity index (χ1) is 14.1. The van der Waals surface area contributed by atoms with Crippen LogP contribution >= 0.6 is 0 Å². The topological polar surface area (TPSA) is 56.7 Å². The second-order valence-electron chi connectivity index (χ2n) is 7.33. The van der Waals surface area contributed by atoms with Crippen molar-refractivity contribution in [3.05, 3.63) is 70.5 Å². The number of nitrogens with zero attached hydrogens (tertiary/aromatic N) is 2. The number of nitrogens with one attached hydrogen (secondary N) is 2. The van der Waals surface area contributed by atoms with Crippen molar-refractivity contribution in [2.45, 2.75) is 46.3 Å². The minimum Gasteiger partial charge on any atom is -0.357 e. The lowest BCUT2D eigenvalue weighted by Crippen LogP contribution is -2.38. The van der Waals surface area contributed by atoms with Crippen LogP contribution in [0.3, 0.4) is 0 Å². The molecule has 0 fully saturated rings. The molecule has 1 aliphatic rings. The molecule has 29 heavy (non-hydrogen) atoms. The van der Waals surface area contributed by atoms with Crippen LogP contribution in [0.2, 0.25) is 0 Å². The van der Waals surface area contributed by atoms with E-state index in [0.29, 0.717) is 44.1 Å². The average molecular weight is 397 g/mol. The van der Waals surface area contributed by atoms with Gasteiger partial charge in [0.2, 0.25) is 5.91 Å². The van der Waals surface area contributed by atoms with E-state index in [9.17, 15) is 9.18 Å². The Kier molecular flexibility index (Phi) is 7.22. The third-order valence-corrected chi connectivity index (χ3v) is 5.04. The Labute approximate surface area is 172 Å². The van der Waals surface area contributed by atoms with Crippen LogP contribution in [0.15, 0.2) is 47.5 Å². The first kappa shape index (κ1) is 20.8. The summed E-state index contributed by atoms with van der Waals surface area (Å²) in [7, 11) is 0. The summed E-state index contributed by atoms with van der Waals surface area (Å²) >= 11 is 0.